The summed E-state index contributed by atoms with van der Waals surface area (Å²) in [4.78, 5) is 2.48. The Balaban J connectivity index is 2.01. The van der Waals surface area contributed by atoms with Crippen molar-refractivity contribution < 1.29 is 0 Å². The van der Waals surface area contributed by atoms with Gasteiger partial charge in [0.15, 0.2) is 0 Å². The fourth-order valence-electron chi connectivity index (χ4n) is 3.00. The van der Waals surface area contributed by atoms with Gasteiger partial charge < -0.3 is 5.73 Å². The molecule has 1 heterocycles. The van der Waals surface area contributed by atoms with E-state index in [1.807, 2.05) is 0 Å². The van der Waals surface area contributed by atoms with Gasteiger partial charge in [0.1, 0.15) is 0 Å². The van der Waals surface area contributed by atoms with Crippen LogP contribution in [0.25, 0.3) is 0 Å². The van der Waals surface area contributed by atoms with E-state index in [9.17, 15) is 0 Å². The zero-order valence-corrected chi connectivity index (χ0v) is 12.5. The summed E-state index contributed by atoms with van der Waals surface area (Å²) in [5.74, 6) is 0. The first-order valence-corrected chi connectivity index (χ1v) is 7.73. The fraction of sp³-hybridized carbons (Fsp3) is 0.647. The molecule has 1 aromatic carbocycles. The Morgan fingerprint density at radius 2 is 1.53 bits per heavy atom. The highest BCUT2D eigenvalue weighted by Gasteiger charge is 2.27. The number of hydrogen-bond donors (Lipinski definition) is 1. The molecular formula is C17H28N2. The van der Waals surface area contributed by atoms with Gasteiger partial charge in [0, 0.05) is 6.42 Å². The molecule has 0 saturated carbocycles. The van der Waals surface area contributed by atoms with E-state index in [0.717, 1.165) is 25.9 Å². The summed E-state index contributed by atoms with van der Waals surface area (Å²) in [5.41, 5.74) is 9.13. The van der Waals surface area contributed by atoms with E-state index in [1.165, 1.54) is 36.8 Å². The largest absolute Gasteiger partial charge is 0.313 e. The topological polar surface area (TPSA) is 29.3 Å². The first-order chi connectivity index (χ1) is 9.12. The Hall–Kier alpha value is -0.860. The molecule has 1 aromatic rings. The number of nitrogens with two attached hydrogens (primary N) is 1. The molecule has 1 atom stereocenters. The van der Waals surface area contributed by atoms with Crippen molar-refractivity contribution in [3.63, 3.8) is 0 Å². The van der Waals surface area contributed by atoms with Gasteiger partial charge in [0.2, 0.25) is 0 Å². The van der Waals surface area contributed by atoms with Gasteiger partial charge in [-0.2, -0.15) is 0 Å². The SMILES string of the molecule is CCc1ccc(CC(C)(N)N2CCCCCC2)cc1. The van der Waals surface area contributed by atoms with Gasteiger partial charge in [-0.1, -0.05) is 44.0 Å². The van der Waals surface area contributed by atoms with Crippen LogP contribution in [-0.4, -0.2) is 23.7 Å². The van der Waals surface area contributed by atoms with Crippen molar-refractivity contribution in [2.24, 2.45) is 5.73 Å². The van der Waals surface area contributed by atoms with E-state index in [0.29, 0.717) is 0 Å². The summed E-state index contributed by atoms with van der Waals surface area (Å²) in [6, 6.07) is 8.94. The minimum absolute atomic E-state index is 0.210. The molecule has 2 N–H and O–H groups in total. The van der Waals surface area contributed by atoms with Crippen molar-refractivity contribution >= 4 is 0 Å². The fourth-order valence-corrected chi connectivity index (χ4v) is 3.00. The maximum absolute atomic E-state index is 6.59. The second-order valence-electron chi connectivity index (χ2n) is 6.11. The molecule has 1 fully saturated rings. The second kappa shape index (κ2) is 6.53. The maximum atomic E-state index is 6.59. The van der Waals surface area contributed by atoms with Gasteiger partial charge in [-0.25, -0.2) is 0 Å². The molecule has 106 valence electrons. The standard InChI is InChI=1S/C17H28N2/c1-3-15-8-10-16(11-9-15)14-17(2,18)19-12-6-4-5-7-13-19/h8-11H,3-7,12-14,18H2,1-2H3. The summed E-state index contributed by atoms with van der Waals surface area (Å²) in [6.45, 7) is 6.69. The van der Waals surface area contributed by atoms with Crippen LogP contribution in [0.3, 0.4) is 0 Å². The smallest absolute Gasteiger partial charge is 0.0699 e. The third-order valence-corrected chi connectivity index (χ3v) is 4.32. The summed E-state index contributed by atoms with van der Waals surface area (Å²) in [7, 11) is 0. The Labute approximate surface area is 118 Å². The lowest BCUT2D eigenvalue weighted by atomic mass is 9.98. The number of hydrogen-bond acceptors (Lipinski definition) is 2. The van der Waals surface area contributed by atoms with Crippen LogP contribution < -0.4 is 5.73 Å². The lowest BCUT2D eigenvalue weighted by molar-refractivity contribution is 0.113. The highest BCUT2D eigenvalue weighted by atomic mass is 15.3. The average Bonchev–Trinajstić information content (AvgIpc) is 2.68. The summed E-state index contributed by atoms with van der Waals surface area (Å²) >= 11 is 0. The minimum atomic E-state index is -0.210. The second-order valence-corrected chi connectivity index (χ2v) is 6.11. The molecule has 19 heavy (non-hydrogen) atoms. The Morgan fingerprint density at radius 3 is 2.05 bits per heavy atom. The van der Waals surface area contributed by atoms with Crippen LogP contribution in [0.15, 0.2) is 24.3 Å². The van der Waals surface area contributed by atoms with Crippen LogP contribution in [0.5, 0.6) is 0 Å². The van der Waals surface area contributed by atoms with Crippen molar-refractivity contribution in [2.45, 2.75) is 58.0 Å². The number of rotatable bonds is 4. The molecule has 0 aromatic heterocycles. The van der Waals surface area contributed by atoms with E-state index in [4.69, 9.17) is 5.73 Å². The molecule has 0 amide bonds. The normalized spacial score (nSPS) is 20.8. The van der Waals surface area contributed by atoms with Gasteiger partial charge >= 0.3 is 0 Å². The predicted molar refractivity (Wildman–Crippen MR) is 82.2 cm³/mol. The molecule has 2 heteroatoms. The molecule has 1 saturated heterocycles. The Bertz CT molecular complexity index is 373. The van der Waals surface area contributed by atoms with Crippen molar-refractivity contribution in [1.82, 2.24) is 4.90 Å². The van der Waals surface area contributed by atoms with Crippen molar-refractivity contribution in [1.29, 1.82) is 0 Å². The molecular weight excluding hydrogens is 232 g/mol. The highest BCUT2D eigenvalue weighted by Crippen LogP contribution is 2.20. The van der Waals surface area contributed by atoms with Crippen LogP contribution in [0.4, 0.5) is 0 Å². The molecule has 1 unspecified atom stereocenters. The van der Waals surface area contributed by atoms with Gasteiger partial charge in [-0.05, 0) is 50.4 Å². The lowest BCUT2D eigenvalue weighted by Gasteiger charge is -2.38. The highest BCUT2D eigenvalue weighted by molar-refractivity contribution is 5.23. The Morgan fingerprint density at radius 1 is 1.00 bits per heavy atom. The van der Waals surface area contributed by atoms with Gasteiger partial charge in [0.05, 0.1) is 5.66 Å². The zero-order chi connectivity index (χ0) is 13.7. The molecule has 0 spiro atoms. The molecule has 2 nitrogen and oxygen atoms in total. The maximum Gasteiger partial charge on any atom is 0.0699 e. The number of likely N-dealkylation sites (tertiary alicyclic amines) is 1. The van der Waals surface area contributed by atoms with Crippen molar-refractivity contribution in [3.8, 4) is 0 Å². The molecule has 0 bridgehead atoms. The molecule has 0 radical (unpaired) electrons. The average molecular weight is 260 g/mol. The number of nitrogens with zero attached hydrogens (tertiary/aromatic N) is 1. The predicted octanol–water partition coefficient (Wildman–Crippen LogP) is 3.34. The zero-order valence-electron chi connectivity index (χ0n) is 12.5. The monoisotopic (exact) mass is 260 g/mol. The summed E-state index contributed by atoms with van der Waals surface area (Å²) in [6.07, 6.45) is 7.35. The molecule has 2 rings (SSSR count). The van der Waals surface area contributed by atoms with Gasteiger partial charge in [0.25, 0.3) is 0 Å². The molecule has 1 aliphatic rings. The minimum Gasteiger partial charge on any atom is -0.313 e. The third-order valence-electron chi connectivity index (χ3n) is 4.32. The first-order valence-electron chi connectivity index (χ1n) is 7.73. The summed E-state index contributed by atoms with van der Waals surface area (Å²) < 4.78 is 0. The van der Waals surface area contributed by atoms with E-state index < -0.39 is 0 Å². The van der Waals surface area contributed by atoms with Crippen molar-refractivity contribution in [2.75, 3.05) is 13.1 Å². The van der Waals surface area contributed by atoms with Crippen LogP contribution in [0, 0.1) is 0 Å². The summed E-state index contributed by atoms with van der Waals surface area (Å²) in [5, 5.41) is 0. The lowest BCUT2D eigenvalue weighted by Crippen LogP contribution is -2.55. The quantitative estimate of drug-likeness (QED) is 0.899. The van der Waals surface area contributed by atoms with Crippen molar-refractivity contribution in [3.05, 3.63) is 35.4 Å². The molecule has 1 aliphatic heterocycles. The Kier molecular flexibility index (Phi) is 5.00. The molecule has 0 aliphatic carbocycles. The van der Waals surface area contributed by atoms with Crippen LogP contribution >= 0.6 is 0 Å². The van der Waals surface area contributed by atoms with Crippen LogP contribution in [-0.2, 0) is 12.8 Å². The van der Waals surface area contributed by atoms with E-state index in [1.54, 1.807) is 0 Å². The van der Waals surface area contributed by atoms with E-state index in [2.05, 4.69) is 43.0 Å². The number of aryl methyl sites for hydroxylation is 1. The first kappa shape index (κ1) is 14.5. The third kappa shape index (κ3) is 4.05. The van der Waals surface area contributed by atoms with E-state index >= 15 is 0 Å². The van der Waals surface area contributed by atoms with Gasteiger partial charge in [-0.3, -0.25) is 4.90 Å². The van der Waals surface area contributed by atoms with Crippen LogP contribution in [0.1, 0.15) is 50.7 Å². The van der Waals surface area contributed by atoms with Crippen LogP contribution in [0.2, 0.25) is 0 Å². The number of benzene rings is 1. The van der Waals surface area contributed by atoms with E-state index in [-0.39, 0.29) is 5.66 Å². The van der Waals surface area contributed by atoms with Gasteiger partial charge in [-0.15, -0.1) is 0 Å².